The first-order valence-corrected chi connectivity index (χ1v) is 8.53. The third-order valence-electron chi connectivity index (χ3n) is 3.41. The first kappa shape index (κ1) is 14.3. The molecule has 1 unspecified atom stereocenters. The molecule has 0 bridgehead atoms. The van der Waals surface area contributed by atoms with Crippen molar-refractivity contribution in [1.29, 1.82) is 0 Å². The molecule has 3 rings (SSSR count). The Morgan fingerprint density at radius 1 is 1.43 bits per heavy atom. The molecule has 2 aromatic rings. The summed E-state index contributed by atoms with van der Waals surface area (Å²) >= 11 is 3.09. The highest BCUT2D eigenvalue weighted by Crippen LogP contribution is 2.24. The molecule has 6 nitrogen and oxygen atoms in total. The van der Waals surface area contributed by atoms with Crippen LogP contribution in [-0.2, 0) is 0 Å². The van der Waals surface area contributed by atoms with Gasteiger partial charge in [-0.1, -0.05) is 0 Å². The van der Waals surface area contributed by atoms with Gasteiger partial charge in [-0.05, 0) is 13.8 Å². The van der Waals surface area contributed by atoms with Crippen LogP contribution in [0.4, 0.5) is 15.1 Å². The number of aryl methyl sites for hydroxylation is 1. The van der Waals surface area contributed by atoms with Gasteiger partial charge in [0.25, 0.3) is 0 Å². The molecule has 3 heterocycles. The van der Waals surface area contributed by atoms with Crippen molar-refractivity contribution in [2.24, 2.45) is 0 Å². The molecule has 1 saturated heterocycles. The van der Waals surface area contributed by atoms with Crippen LogP contribution in [0.5, 0.6) is 0 Å². The number of urea groups is 1. The Labute approximate surface area is 131 Å². The Bertz CT molecular complexity index is 612. The predicted molar refractivity (Wildman–Crippen MR) is 86.4 cm³/mol. The minimum atomic E-state index is -0.0771. The van der Waals surface area contributed by atoms with E-state index in [-0.39, 0.29) is 12.1 Å². The summed E-state index contributed by atoms with van der Waals surface area (Å²) in [6.07, 6.45) is 1.69. The highest BCUT2D eigenvalue weighted by atomic mass is 32.1. The van der Waals surface area contributed by atoms with E-state index in [1.54, 1.807) is 17.5 Å². The Balaban J connectivity index is 1.61. The Morgan fingerprint density at radius 3 is 2.90 bits per heavy atom. The van der Waals surface area contributed by atoms with E-state index in [1.807, 2.05) is 17.2 Å². The molecule has 0 aromatic carbocycles. The van der Waals surface area contributed by atoms with Crippen LogP contribution in [0.1, 0.15) is 12.6 Å². The summed E-state index contributed by atoms with van der Waals surface area (Å²) in [5, 5.41) is 8.43. The van der Waals surface area contributed by atoms with E-state index < -0.39 is 0 Å². The van der Waals surface area contributed by atoms with Gasteiger partial charge in [-0.3, -0.25) is 5.32 Å². The van der Waals surface area contributed by atoms with Gasteiger partial charge in [0.15, 0.2) is 10.3 Å². The fraction of sp³-hybridized carbons (Fsp3) is 0.462. The van der Waals surface area contributed by atoms with Crippen LogP contribution < -0.4 is 10.2 Å². The number of hydrogen-bond acceptors (Lipinski definition) is 6. The average molecular weight is 323 g/mol. The molecule has 2 aromatic heterocycles. The highest BCUT2D eigenvalue weighted by molar-refractivity contribution is 7.14. The Kier molecular flexibility index (Phi) is 4.07. The second-order valence-corrected chi connectivity index (χ2v) is 6.76. The lowest BCUT2D eigenvalue weighted by atomic mass is 10.2. The van der Waals surface area contributed by atoms with Crippen LogP contribution in [0.15, 0.2) is 17.0 Å². The molecule has 1 atom stereocenters. The monoisotopic (exact) mass is 323 g/mol. The number of piperazine rings is 1. The summed E-state index contributed by atoms with van der Waals surface area (Å²) in [5.41, 5.74) is 1.05. The van der Waals surface area contributed by atoms with Crippen molar-refractivity contribution in [3.63, 3.8) is 0 Å². The highest BCUT2D eigenvalue weighted by Gasteiger charge is 2.28. The first-order valence-electron chi connectivity index (χ1n) is 6.77. The van der Waals surface area contributed by atoms with E-state index in [0.717, 1.165) is 17.4 Å². The molecule has 1 aliphatic rings. The zero-order chi connectivity index (χ0) is 14.8. The van der Waals surface area contributed by atoms with Gasteiger partial charge in [0.1, 0.15) is 0 Å². The minimum absolute atomic E-state index is 0.0771. The number of amides is 2. The van der Waals surface area contributed by atoms with Crippen LogP contribution in [0.2, 0.25) is 0 Å². The lowest BCUT2D eigenvalue weighted by Crippen LogP contribution is -2.54. The summed E-state index contributed by atoms with van der Waals surface area (Å²) in [6, 6.07) is 0.179. The van der Waals surface area contributed by atoms with E-state index in [1.165, 1.54) is 11.3 Å². The quantitative estimate of drug-likeness (QED) is 0.923. The summed E-state index contributed by atoms with van der Waals surface area (Å²) in [4.78, 5) is 24.9. The summed E-state index contributed by atoms with van der Waals surface area (Å²) < 4.78 is 0. The number of carbonyl (C=O) groups excluding carboxylic acids is 1. The fourth-order valence-corrected chi connectivity index (χ4v) is 3.81. The van der Waals surface area contributed by atoms with Crippen molar-refractivity contribution >= 4 is 39.0 Å². The van der Waals surface area contributed by atoms with Crippen LogP contribution in [-0.4, -0.2) is 46.6 Å². The maximum Gasteiger partial charge on any atom is 0.323 e. The van der Waals surface area contributed by atoms with Gasteiger partial charge in [-0.25, -0.2) is 14.8 Å². The number of thiazole rings is 2. The van der Waals surface area contributed by atoms with E-state index in [0.29, 0.717) is 18.2 Å². The predicted octanol–water partition coefficient (Wildman–Crippen LogP) is 2.65. The maximum absolute atomic E-state index is 12.2. The van der Waals surface area contributed by atoms with Crippen molar-refractivity contribution in [3.05, 3.63) is 22.7 Å². The lowest BCUT2D eigenvalue weighted by molar-refractivity contribution is 0.200. The molecule has 0 aliphatic carbocycles. The number of anilines is 2. The number of nitrogens with one attached hydrogen (secondary N) is 1. The minimum Gasteiger partial charge on any atom is -0.342 e. The van der Waals surface area contributed by atoms with Crippen molar-refractivity contribution in [2.75, 3.05) is 29.9 Å². The zero-order valence-electron chi connectivity index (χ0n) is 11.9. The van der Waals surface area contributed by atoms with Gasteiger partial charge in [0.05, 0.1) is 5.69 Å². The maximum atomic E-state index is 12.2. The molecule has 0 radical (unpaired) electrons. The summed E-state index contributed by atoms with van der Waals surface area (Å²) in [5.74, 6) is 0. The molecule has 112 valence electrons. The van der Waals surface area contributed by atoms with Gasteiger partial charge in [-0.2, -0.15) is 0 Å². The van der Waals surface area contributed by atoms with Crippen molar-refractivity contribution in [1.82, 2.24) is 14.9 Å². The second-order valence-electron chi connectivity index (χ2n) is 5.03. The Morgan fingerprint density at radius 2 is 2.29 bits per heavy atom. The van der Waals surface area contributed by atoms with Gasteiger partial charge in [-0.15, -0.1) is 22.7 Å². The molecule has 2 amide bonds. The second kappa shape index (κ2) is 5.98. The molecular weight excluding hydrogens is 306 g/mol. The molecule has 1 N–H and O–H groups in total. The lowest BCUT2D eigenvalue weighted by Gasteiger charge is -2.39. The van der Waals surface area contributed by atoms with E-state index in [9.17, 15) is 4.79 Å². The molecule has 8 heteroatoms. The summed E-state index contributed by atoms with van der Waals surface area (Å²) in [6.45, 7) is 6.32. The standard InChI is InChI=1S/C13H17N5OS2/c1-9-8-21-13(15-9)18-5-4-17(7-10(18)2)12(19)16-11-14-3-6-20-11/h3,6,8,10H,4-5,7H2,1-2H3,(H,14,16,19). The SMILES string of the molecule is Cc1csc(N2CCN(C(=O)Nc3nccs3)CC2C)n1. The van der Waals surface area contributed by atoms with Crippen molar-refractivity contribution < 1.29 is 4.79 Å². The summed E-state index contributed by atoms with van der Waals surface area (Å²) in [7, 11) is 0. The van der Waals surface area contributed by atoms with E-state index >= 15 is 0 Å². The van der Waals surface area contributed by atoms with Crippen LogP contribution in [0, 0.1) is 6.92 Å². The molecule has 1 aliphatic heterocycles. The van der Waals surface area contributed by atoms with Crippen molar-refractivity contribution in [2.45, 2.75) is 19.9 Å². The first-order chi connectivity index (χ1) is 10.1. The zero-order valence-corrected chi connectivity index (χ0v) is 13.6. The average Bonchev–Trinajstić information content (AvgIpc) is 3.10. The topological polar surface area (TPSA) is 61.4 Å². The number of aromatic nitrogens is 2. The van der Waals surface area contributed by atoms with Crippen LogP contribution in [0.3, 0.4) is 0 Å². The molecule has 1 fully saturated rings. The molecule has 0 spiro atoms. The third-order valence-corrected chi connectivity index (χ3v) is 5.10. The van der Waals surface area contributed by atoms with Crippen LogP contribution in [0.25, 0.3) is 0 Å². The number of hydrogen-bond donors (Lipinski definition) is 1. The van der Waals surface area contributed by atoms with Crippen LogP contribution >= 0.6 is 22.7 Å². The van der Waals surface area contributed by atoms with E-state index in [4.69, 9.17) is 0 Å². The van der Waals surface area contributed by atoms with E-state index in [2.05, 4.69) is 32.5 Å². The fourth-order valence-electron chi connectivity index (χ4n) is 2.36. The largest absolute Gasteiger partial charge is 0.342 e. The smallest absolute Gasteiger partial charge is 0.323 e. The normalized spacial score (nSPS) is 18.9. The number of carbonyl (C=O) groups is 1. The third kappa shape index (κ3) is 3.16. The van der Waals surface area contributed by atoms with Gasteiger partial charge in [0, 0.05) is 42.6 Å². The van der Waals surface area contributed by atoms with Gasteiger partial charge in [0.2, 0.25) is 0 Å². The number of rotatable bonds is 2. The van der Waals surface area contributed by atoms with Crippen molar-refractivity contribution in [3.8, 4) is 0 Å². The van der Waals surface area contributed by atoms with Gasteiger partial charge >= 0.3 is 6.03 Å². The molecular formula is C13H17N5OS2. The molecule has 0 saturated carbocycles. The Hall–Kier alpha value is -1.67. The molecule has 21 heavy (non-hydrogen) atoms. The number of nitrogens with zero attached hydrogens (tertiary/aromatic N) is 4. The van der Waals surface area contributed by atoms with Gasteiger partial charge < -0.3 is 9.80 Å².